The molecule has 0 aromatic heterocycles. The van der Waals surface area contributed by atoms with Gasteiger partial charge in [-0.05, 0) is 83.5 Å². The van der Waals surface area contributed by atoms with E-state index in [-0.39, 0.29) is 19.1 Å². The van der Waals surface area contributed by atoms with Crippen LogP contribution in [0.4, 0.5) is 0 Å². The highest BCUT2D eigenvalue weighted by atomic mass is 31.2. The SMILES string of the molecule is CC/C=C\C/C=C\C/C=C\C/C=C\C/C=C\C/C=C\C/C=C\C/C=C\C/C=C\CCCCCCCCCCCC(=O)NC(COP(=O)(O)OCC[N+](C)(C)C)C(O)CCCCCCCCCCCCCCCCCCCCCCCCCCCCCCCCC. The Labute approximate surface area is 559 Å². The average Bonchev–Trinajstić information content (AvgIpc) is 3.18. The number of carbonyl (C=O) groups is 1. The molecule has 0 bridgehead atoms. The Bertz CT molecular complexity index is 1840. The lowest BCUT2D eigenvalue weighted by Gasteiger charge is -2.26. The molecule has 90 heavy (non-hydrogen) atoms. The molecule has 8 nitrogen and oxygen atoms in total. The molecule has 0 saturated heterocycles. The molecular formula is C81H148N2O6P+. The first-order valence-corrected chi connectivity index (χ1v) is 39.7. The smallest absolute Gasteiger partial charge is 0.391 e. The van der Waals surface area contributed by atoms with Crippen molar-refractivity contribution in [2.24, 2.45) is 0 Å². The topological polar surface area (TPSA) is 105 Å². The fourth-order valence-corrected chi connectivity index (χ4v) is 11.9. The maximum atomic E-state index is 13.1. The number of quaternary nitrogens is 1. The summed E-state index contributed by atoms with van der Waals surface area (Å²) in [5.41, 5.74) is 0. The lowest BCUT2D eigenvalue weighted by atomic mass is 10.0. The van der Waals surface area contributed by atoms with Crippen molar-refractivity contribution >= 4 is 13.7 Å². The van der Waals surface area contributed by atoms with Gasteiger partial charge in [0.05, 0.1) is 39.9 Å². The van der Waals surface area contributed by atoms with Crippen LogP contribution in [0.25, 0.3) is 0 Å². The molecule has 0 aromatic carbocycles. The van der Waals surface area contributed by atoms with Crippen LogP contribution in [0.5, 0.6) is 0 Å². The minimum absolute atomic E-state index is 0.0694. The van der Waals surface area contributed by atoms with Gasteiger partial charge in [0.25, 0.3) is 0 Å². The third kappa shape index (κ3) is 72.6. The molecule has 0 rings (SSSR count). The first kappa shape index (κ1) is 87.2. The first-order valence-electron chi connectivity index (χ1n) is 38.3. The average molecular weight is 1280 g/mol. The second kappa shape index (κ2) is 70.5. The van der Waals surface area contributed by atoms with Crippen LogP contribution in [0, 0.1) is 0 Å². The molecule has 3 unspecified atom stereocenters. The Morgan fingerprint density at radius 2 is 0.667 bits per heavy atom. The fraction of sp³-hybridized carbons (Fsp3) is 0.765. The van der Waals surface area contributed by atoms with Crippen LogP contribution >= 0.6 is 7.82 Å². The number of phosphoric acid groups is 1. The van der Waals surface area contributed by atoms with Crippen molar-refractivity contribution in [2.75, 3.05) is 40.9 Å². The third-order valence-electron chi connectivity index (χ3n) is 17.0. The Morgan fingerprint density at radius 1 is 0.389 bits per heavy atom. The van der Waals surface area contributed by atoms with Crippen LogP contribution in [0.15, 0.2) is 109 Å². The third-order valence-corrected chi connectivity index (χ3v) is 18.0. The number of carbonyl (C=O) groups excluding carboxylic acids is 1. The number of aliphatic hydroxyl groups is 1. The zero-order chi connectivity index (χ0) is 65.5. The van der Waals surface area contributed by atoms with Gasteiger partial charge >= 0.3 is 7.82 Å². The molecule has 0 aliphatic heterocycles. The molecule has 3 atom stereocenters. The Morgan fingerprint density at radius 3 is 0.978 bits per heavy atom. The summed E-state index contributed by atoms with van der Waals surface area (Å²) in [7, 11) is 1.61. The van der Waals surface area contributed by atoms with E-state index in [2.05, 4.69) is 129 Å². The Hall–Kier alpha value is -2.84. The number of likely N-dealkylation sites (N-methyl/N-ethyl adjacent to an activating group) is 1. The summed E-state index contributed by atoms with van der Waals surface area (Å²) in [5, 5.41) is 14.2. The summed E-state index contributed by atoms with van der Waals surface area (Å²) >= 11 is 0. The molecule has 0 fully saturated rings. The molecule has 0 heterocycles. The van der Waals surface area contributed by atoms with Crippen molar-refractivity contribution in [3.05, 3.63) is 109 Å². The lowest BCUT2D eigenvalue weighted by Crippen LogP contribution is -2.46. The minimum Gasteiger partial charge on any atom is -0.391 e. The number of nitrogens with zero attached hydrogens (tertiary/aromatic N) is 1. The van der Waals surface area contributed by atoms with Gasteiger partial charge in [-0.2, -0.15) is 0 Å². The summed E-state index contributed by atoms with van der Waals surface area (Å²) in [6.07, 6.45) is 104. The molecule has 0 saturated carbocycles. The van der Waals surface area contributed by atoms with Crippen molar-refractivity contribution < 1.29 is 32.9 Å². The van der Waals surface area contributed by atoms with Gasteiger partial charge in [-0.25, -0.2) is 4.57 Å². The molecule has 3 N–H and O–H groups in total. The highest BCUT2D eigenvalue weighted by Gasteiger charge is 2.28. The minimum atomic E-state index is -4.34. The van der Waals surface area contributed by atoms with Gasteiger partial charge in [-0.3, -0.25) is 13.8 Å². The number of phosphoric ester groups is 1. The zero-order valence-corrected chi connectivity index (χ0v) is 60.8. The van der Waals surface area contributed by atoms with Gasteiger partial charge < -0.3 is 19.8 Å². The highest BCUT2D eigenvalue weighted by molar-refractivity contribution is 7.47. The van der Waals surface area contributed by atoms with E-state index in [9.17, 15) is 19.4 Å². The first-order chi connectivity index (χ1) is 44.0. The van der Waals surface area contributed by atoms with Crippen LogP contribution in [-0.2, 0) is 18.4 Å². The van der Waals surface area contributed by atoms with Crippen molar-refractivity contribution in [3.8, 4) is 0 Å². The van der Waals surface area contributed by atoms with Gasteiger partial charge in [-0.15, -0.1) is 0 Å². The fourth-order valence-electron chi connectivity index (χ4n) is 11.2. The number of amides is 1. The standard InChI is InChI=1S/C81H147N2O6P/c1-6-8-10-12-14-16-18-20-22-24-26-28-30-32-34-36-38-39-40-41-42-43-45-47-49-51-53-55-57-59-61-63-65-67-69-71-73-75-81(85)82-79(78-89-90(86,87)88-77-76-83(3,4)5)80(84)74-72-70-68-66-64-62-60-58-56-54-52-50-48-46-44-37-35-33-31-29-27-25-23-21-19-17-15-13-11-9-7-2/h8,10,14,16,20,22,26,28,32,34,38-39,41-42,45,47,51,53,79-80,84H,6-7,9,11-13,15,17-19,21,23-25,27,29-31,33,35-37,40,43-44,46,48-50,52,54-78H2,1-5H3,(H-,82,85,86,87)/p+1/b10-8-,16-14-,22-20-,28-26-,34-32-,39-38-,42-41-,47-45-,53-51-. The number of rotatable bonds is 70. The van der Waals surface area contributed by atoms with Crippen LogP contribution in [-0.4, -0.2) is 73.4 Å². The van der Waals surface area contributed by atoms with Gasteiger partial charge in [0.15, 0.2) is 0 Å². The summed E-state index contributed by atoms with van der Waals surface area (Å²) in [4.78, 5) is 23.5. The largest absolute Gasteiger partial charge is 0.472 e. The molecule has 522 valence electrons. The normalized spacial score (nSPS) is 14.2. The summed E-state index contributed by atoms with van der Waals surface area (Å²) < 4.78 is 23.9. The van der Waals surface area contributed by atoms with Gasteiger partial charge in [0, 0.05) is 6.42 Å². The maximum absolute atomic E-state index is 13.1. The second-order valence-electron chi connectivity index (χ2n) is 27.0. The van der Waals surface area contributed by atoms with Crippen molar-refractivity contribution in [2.45, 2.75) is 360 Å². The number of allylic oxidation sites excluding steroid dienone is 18. The monoisotopic (exact) mass is 1280 g/mol. The lowest BCUT2D eigenvalue weighted by molar-refractivity contribution is -0.870. The van der Waals surface area contributed by atoms with Crippen LogP contribution in [0.2, 0.25) is 0 Å². The number of hydrogen-bond donors (Lipinski definition) is 3. The molecule has 1 amide bonds. The van der Waals surface area contributed by atoms with E-state index in [1.165, 1.54) is 218 Å². The molecule has 0 aromatic rings. The molecule has 0 aliphatic rings. The predicted molar refractivity (Wildman–Crippen MR) is 396 cm³/mol. The van der Waals surface area contributed by atoms with E-state index in [1.807, 2.05) is 21.1 Å². The van der Waals surface area contributed by atoms with E-state index in [4.69, 9.17) is 9.05 Å². The summed E-state index contributed by atoms with van der Waals surface area (Å²) in [6, 6.07) is -0.774. The van der Waals surface area contributed by atoms with Crippen LogP contribution in [0.1, 0.15) is 348 Å². The van der Waals surface area contributed by atoms with Crippen LogP contribution in [0.3, 0.4) is 0 Å². The van der Waals surface area contributed by atoms with Crippen molar-refractivity contribution in [1.82, 2.24) is 5.32 Å². The molecule has 0 spiro atoms. The summed E-state index contributed by atoms with van der Waals surface area (Å²) in [6.45, 7) is 4.80. The number of aliphatic hydroxyl groups excluding tert-OH is 1. The molecule has 9 heteroatoms. The number of unbranched alkanes of at least 4 members (excludes halogenated alkanes) is 39. The van der Waals surface area contributed by atoms with E-state index in [0.717, 1.165) is 103 Å². The second-order valence-corrected chi connectivity index (χ2v) is 28.5. The van der Waals surface area contributed by atoms with Crippen molar-refractivity contribution in [1.29, 1.82) is 0 Å². The quantitative estimate of drug-likeness (QED) is 0.0243. The highest BCUT2D eigenvalue weighted by Crippen LogP contribution is 2.43. The summed E-state index contributed by atoms with van der Waals surface area (Å²) in [5.74, 6) is -0.150. The van der Waals surface area contributed by atoms with Gasteiger partial charge in [0.1, 0.15) is 13.2 Å². The molecule has 0 radical (unpaired) electrons. The van der Waals surface area contributed by atoms with Gasteiger partial charge in [0.2, 0.25) is 5.91 Å². The maximum Gasteiger partial charge on any atom is 0.472 e. The van der Waals surface area contributed by atoms with E-state index in [0.29, 0.717) is 23.9 Å². The van der Waals surface area contributed by atoms with E-state index in [1.54, 1.807) is 0 Å². The number of nitrogens with one attached hydrogen (secondary N) is 1. The predicted octanol–water partition coefficient (Wildman–Crippen LogP) is 25.0. The molecule has 0 aliphatic carbocycles. The van der Waals surface area contributed by atoms with Gasteiger partial charge in [-0.1, -0.05) is 367 Å². The Kier molecular flexibility index (Phi) is 68.3. The van der Waals surface area contributed by atoms with E-state index >= 15 is 0 Å². The Balaban J connectivity index is 4.05. The molecular weight excluding hydrogens is 1130 g/mol. The van der Waals surface area contributed by atoms with Crippen LogP contribution < -0.4 is 5.32 Å². The van der Waals surface area contributed by atoms with E-state index < -0.39 is 20.0 Å². The number of hydrogen-bond acceptors (Lipinski definition) is 5. The zero-order valence-electron chi connectivity index (χ0n) is 59.9. The van der Waals surface area contributed by atoms with Crippen molar-refractivity contribution in [3.63, 3.8) is 0 Å².